The Morgan fingerprint density at radius 2 is 1.88 bits per heavy atom. The van der Waals surface area contributed by atoms with Gasteiger partial charge in [-0.3, -0.25) is 4.79 Å². The first-order valence-corrected chi connectivity index (χ1v) is 10.6. The van der Waals surface area contributed by atoms with Gasteiger partial charge in [-0.05, 0) is 71.8 Å². The number of fused-ring (bicyclic) bond motifs is 2. The number of ether oxygens (including phenoxy) is 3. The van der Waals surface area contributed by atoms with Gasteiger partial charge in [0.25, 0.3) is 0 Å². The maximum Gasteiger partial charge on any atom is 0.307 e. The van der Waals surface area contributed by atoms with Crippen molar-refractivity contribution in [1.82, 2.24) is 5.43 Å². The number of carbonyl (C=O) groups excluding carboxylic acids is 1. The van der Waals surface area contributed by atoms with Crippen molar-refractivity contribution in [3.63, 3.8) is 0 Å². The highest BCUT2D eigenvalue weighted by Gasteiger charge is 2.13. The van der Waals surface area contributed by atoms with Crippen LogP contribution >= 0.6 is 15.9 Å². The molecule has 1 N–H and O–H groups in total. The van der Waals surface area contributed by atoms with E-state index < -0.39 is 5.91 Å². The van der Waals surface area contributed by atoms with E-state index in [1.54, 1.807) is 18.3 Å². The summed E-state index contributed by atoms with van der Waals surface area (Å²) in [6, 6.07) is 20.3. The number of rotatable bonds is 6. The number of nitrogens with one attached hydrogen (secondary N) is 1. The number of hydrogen-bond acceptors (Lipinski definition) is 6. The van der Waals surface area contributed by atoms with Crippen LogP contribution in [-0.4, -0.2) is 18.9 Å². The highest BCUT2D eigenvalue weighted by Crippen LogP contribution is 2.32. The third kappa shape index (κ3) is 4.45. The SMILES string of the molecule is O=C(N/N=C/c1ccc(OCc2ccc3c(c2)OCO3)cc1)c1cc2cc(Br)ccc2o1. The molecule has 160 valence electrons. The Bertz CT molecular complexity index is 1310. The summed E-state index contributed by atoms with van der Waals surface area (Å²) in [6.07, 6.45) is 1.55. The fourth-order valence-corrected chi connectivity index (χ4v) is 3.57. The van der Waals surface area contributed by atoms with Gasteiger partial charge in [0.2, 0.25) is 6.79 Å². The van der Waals surface area contributed by atoms with E-state index in [2.05, 4.69) is 26.5 Å². The van der Waals surface area contributed by atoms with E-state index in [1.807, 2.05) is 54.6 Å². The van der Waals surface area contributed by atoms with Crippen molar-refractivity contribution < 1.29 is 23.4 Å². The molecule has 0 atom stereocenters. The van der Waals surface area contributed by atoms with Gasteiger partial charge < -0.3 is 18.6 Å². The van der Waals surface area contributed by atoms with Gasteiger partial charge in [-0.2, -0.15) is 5.10 Å². The summed E-state index contributed by atoms with van der Waals surface area (Å²) in [6.45, 7) is 0.660. The van der Waals surface area contributed by atoms with Crippen molar-refractivity contribution in [3.8, 4) is 17.2 Å². The van der Waals surface area contributed by atoms with Crippen LogP contribution in [0.25, 0.3) is 11.0 Å². The minimum Gasteiger partial charge on any atom is -0.489 e. The molecule has 4 aromatic rings. The zero-order valence-electron chi connectivity index (χ0n) is 16.7. The standard InChI is InChI=1S/C24H17BrN2O5/c25-18-4-8-20-17(10-18)11-23(32-20)24(28)27-26-12-15-1-5-19(6-2-15)29-13-16-3-7-21-22(9-16)31-14-30-21/h1-12H,13-14H2,(H,27,28)/b26-12+. The predicted molar refractivity (Wildman–Crippen MR) is 122 cm³/mol. The molecule has 1 aliphatic rings. The van der Waals surface area contributed by atoms with Crippen molar-refractivity contribution in [2.75, 3.05) is 6.79 Å². The number of hydrogen-bond donors (Lipinski definition) is 1. The molecule has 0 radical (unpaired) electrons. The molecular weight excluding hydrogens is 476 g/mol. The van der Waals surface area contributed by atoms with E-state index in [1.165, 1.54) is 0 Å². The molecule has 0 saturated heterocycles. The predicted octanol–water partition coefficient (Wildman–Crippen LogP) is 5.27. The van der Waals surface area contributed by atoms with Crippen molar-refractivity contribution in [1.29, 1.82) is 0 Å². The lowest BCUT2D eigenvalue weighted by molar-refractivity contribution is 0.0929. The lowest BCUT2D eigenvalue weighted by Crippen LogP contribution is -2.16. The van der Waals surface area contributed by atoms with E-state index in [-0.39, 0.29) is 12.6 Å². The van der Waals surface area contributed by atoms with Gasteiger partial charge in [0, 0.05) is 9.86 Å². The van der Waals surface area contributed by atoms with Crippen LogP contribution in [0.5, 0.6) is 17.2 Å². The summed E-state index contributed by atoms with van der Waals surface area (Å²) in [7, 11) is 0. The zero-order valence-corrected chi connectivity index (χ0v) is 18.3. The first kappa shape index (κ1) is 20.1. The van der Waals surface area contributed by atoms with Crippen LogP contribution in [0.4, 0.5) is 0 Å². The second kappa shape index (κ2) is 8.76. The van der Waals surface area contributed by atoms with Gasteiger partial charge in [-0.15, -0.1) is 0 Å². The molecule has 1 aromatic heterocycles. The Morgan fingerprint density at radius 3 is 2.75 bits per heavy atom. The van der Waals surface area contributed by atoms with E-state index in [0.717, 1.165) is 38.2 Å². The molecule has 1 amide bonds. The fraction of sp³-hybridized carbons (Fsp3) is 0.0833. The average molecular weight is 493 g/mol. The van der Waals surface area contributed by atoms with Crippen molar-refractivity contribution in [2.45, 2.75) is 6.61 Å². The Kier molecular flexibility index (Phi) is 5.51. The first-order valence-electron chi connectivity index (χ1n) is 9.78. The summed E-state index contributed by atoms with van der Waals surface area (Å²) in [5.41, 5.74) is 4.91. The molecule has 7 nitrogen and oxygen atoms in total. The van der Waals surface area contributed by atoms with Crippen molar-refractivity contribution in [2.24, 2.45) is 5.10 Å². The zero-order chi connectivity index (χ0) is 21.9. The summed E-state index contributed by atoms with van der Waals surface area (Å²) in [5, 5.41) is 4.84. The van der Waals surface area contributed by atoms with Gasteiger partial charge in [-0.25, -0.2) is 5.43 Å². The fourth-order valence-electron chi connectivity index (χ4n) is 3.19. The second-order valence-electron chi connectivity index (χ2n) is 7.04. The molecule has 2 heterocycles. The first-order chi connectivity index (χ1) is 15.6. The molecule has 8 heteroatoms. The normalized spacial score (nSPS) is 12.4. The Hall–Kier alpha value is -3.78. The third-order valence-electron chi connectivity index (χ3n) is 4.80. The maximum absolute atomic E-state index is 12.3. The van der Waals surface area contributed by atoms with Crippen LogP contribution < -0.4 is 19.6 Å². The van der Waals surface area contributed by atoms with Crippen LogP contribution in [0, 0.1) is 0 Å². The summed E-state index contributed by atoms with van der Waals surface area (Å²) in [5.74, 6) is 1.98. The molecule has 3 aromatic carbocycles. The Labute approximate surface area is 191 Å². The molecule has 0 aliphatic carbocycles. The van der Waals surface area contributed by atoms with Crippen LogP contribution in [0.2, 0.25) is 0 Å². The highest BCUT2D eigenvalue weighted by atomic mass is 79.9. The number of carbonyl (C=O) groups is 1. The number of nitrogens with zero attached hydrogens (tertiary/aromatic N) is 1. The van der Waals surface area contributed by atoms with Crippen LogP contribution in [0.15, 0.2) is 80.7 Å². The minimum atomic E-state index is -0.419. The highest BCUT2D eigenvalue weighted by molar-refractivity contribution is 9.10. The molecule has 5 rings (SSSR count). The molecule has 0 unspecified atom stereocenters. The molecule has 32 heavy (non-hydrogen) atoms. The van der Waals surface area contributed by atoms with Gasteiger partial charge in [0.15, 0.2) is 17.3 Å². The van der Waals surface area contributed by atoms with Crippen molar-refractivity contribution in [3.05, 3.63) is 88.1 Å². The average Bonchev–Trinajstić information content (AvgIpc) is 3.44. The van der Waals surface area contributed by atoms with Gasteiger partial charge in [0.05, 0.1) is 6.21 Å². The van der Waals surface area contributed by atoms with E-state index in [0.29, 0.717) is 12.2 Å². The Morgan fingerprint density at radius 1 is 1.03 bits per heavy atom. The van der Waals surface area contributed by atoms with Gasteiger partial charge in [0.1, 0.15) is 17.9 Å². The van der Waals surface area contributed by atoms with Crippen molar-refractivity contribution >= 4 is 39.0 Å². The molecule has 0 spiro atoms. The van der Waals surface area contributed by atoms with Gasteiger partial charge in [-0.1, -0.05) is 22.0 Å². The number of furan rings is 1. The number of benzene rings is 3. The summed E-state index contributed by atoms with van der Waals surface area (Å²) in [4.78, 5) is 12.3. The molecule has 1 aliphatic heterocycles. The maximum atomic E-state index is 12.3. The quantitative estimate of drug-likeness (QED) is 0.293. The molecule has 0 saturated carbocycles. The number of halogens is 1. The van der Waals surface area contributed by atoms with Crippen LogP contribution in [0.1, 0.15) is 21.7 Å². The summed E-state index contributed by atoms with van der Waals surface area (Å²) >= 11 is 3.40. The monoisotopic (exact) mass is 492 g/mol. The molecule has 0 fully saturated rings. The largest absolute Gasteiger partial charge is 0.489 e. The number of hydrazone groups is 1. The van der Waals surface area contributed by atoms with E-state index in [9.17, 15) is 4.79 Å². The van der Waals surface area contributed by atoms with Crippen LogP contribution in [0.3, 0.4) is 0 Å². The lowest BCUT2D eigenvalue weighted by Gasteiger charge is -2.07. The number of amides is 1. The lowest BCUT2D eigenvalue weighted by atomic mass is 10.2. The van der Waals surface area contributed by atoms with E-state index >= 15 is 0 Å². The smallest absolute Gasteiger partial charge is 0.307 e. The molecule has 0 bridgehead atoms. The van der Waals surface area contributed by atoms with E-state index in [4.69, 9.17) is 18.6 Å². The van der Waals surface area contributed by atoms with Crippen LogP contribution in [-0.2, 0) is 6.61 Å². The van der Waals surface area contributed by atoms with Gasteiger partial charge >= 0.3 is 5.91 Å². The Balaban J connectivity index is 1.15. The summed E-state index contributed by atoms with van der Waals surface area (Å²) < 4.78 is 23.0. The third-order valence-corrected chi connectivity index (χ3v) is 5.30. The topological polar surface area (TPSA) is 82.3 Å². The minimum absolute atomic E-state index is 0.197. The molecular formula is C24H17BrN2O5. The second-order valence-corrected chi connectivity index (χ2v) is 7.95.